The molecule has 0 unspecified atom stereocenters. The number of fused-ring (bicyclic) bond motifs is 1. The van der Waals surface area contributed by atoms with Crippen molar-refractivity contribution in [1.82, 2.24) is 19.4 Å². The zero-order valence-corrected chi connectivity index (χ0v) is 23.2. The number of aromatic nitrogens is 3. The number of amides is 1. The van der Waals surface area contributed by atoms with Gasteiger partial charge in [-0.2, -0.15) is 0 Å². The molecule has 1 aromatic carbocycles. The van der Waals surface area contributed by atoms with Crippen LogP contribution in [-0.2, 0) is 17.0 Å². The molecule has 3 aromatic rings. The standard InChI is InChI=1S/C27H38N4O4Si/c1-26(2,3)27(10-7-11-31(27)25(33)34)24-29-17-23(30(24)18-35-12-13-36(4,5)6)20-14-19-8-9-21(32)15-22(19)28-16-20/h8-9,14-17,32H,7,10-13,18H2,1-6H3,(H,33,34)/t27-/m1/s1. The number of hydrogen-bond donors (Lipinski definition) is 2. The molecule has 9 heteroatoms. The number of benzene rings is 1. The fourth-order valence-corrected chi connectivity index (χ4v) is 6.03. The van der Waals surface area contributed by atoms with Gasteiger partial charge in [-0.15, -0.1) is 0 Å². The molecule has 3 heterocycles. The number of pyridine rings is 1. The number of nitrogens with zero attached hydrogens (tertiary/aromatic N) is 4. The normalized spacial score (nSPS) is 18.8. The highest BCUT2D eigenvalue weighted by molar-refractivity contribution is 6.76. The van der Waals surface area contributed by atoms with Gasteiger partial charge in [0.2, 0.25) is 0 Å². The van der Waals surface area contributed by atoms with Crippen LogP contribution in [0, 0.1) is 5.41 Å². The number of aromatic hydroxyl groups is 1. The molecule has 0 spiro atoms. The summed E-state index contributed by atoms with van der Waals surface area (Å²) in [6.45, 7) is 14.6. The molecule has 2 N–H and O–H groups in total. The Morgan fingerprint density at radius 3 is 2.58 bits per heavy atom. The van der Waals surface area contributed by atoms with Crippen LogP contribution in [-0.4, -0.2) is 57.0 Å². The molecule has 36 heavy (non-hydrogen) atoms. The summed E-state index contributed by atoms with van der Waals surface area (Å²) in [5.41, 5.74) is 1.23. The molecule has 4 rings (SSSR count). The smallest absolute Gasteiger partial charge is 0.408 e. The van der Waals surface area contributed by atoms with Gasteiger partial charge in [0.15, 0.2) is 0 Å². The van der Waals surface area contributed by atoms with Crippen molar-refractivity contribution < 1.29 is 19.7 Å². The third kappa shape index (κ3) is 4.86. The first-order valence-electron chi connectivity index (χ1n) is 12.6. The summed E-state index contributed by atoms with van der Waals surface area (Å²) in [6, 6.07) is 8.19. The van der Waals surface area contributed by atoms with Crippen LogP contribution in [0.5, 0.6) is 5.75 Å². The van der Waals surface area contributed by atoms with Crippen molar-refractivity contribution >= 4 is 25.1 Å². The highest BCUT2D eigenvalue weighted by Gasteiger charge is 2.56. The lowest BCUT2D eigenvalue weighted by molar-refractivity contribution is 0.00957. The monoisotopic (exact) mass is 510 g/mol. The van der Waals surface area contributed by atoms with Crippen molar-refractivity contribution in [3.8, 4) is 17.0 Å². The number of phenols is 1. The molecule has 1 saturated heterocycles. The third-order valence-corrected chi connectivity index (χ3v) is 8.96. The van der Waals surface area contributed by atoms with Crippen molar-refractivity contribution in [2.45, 2.75) is 71.6 Å². The Morgan fingerprint density at radius 2 is 1.92 bits per heavy atom. The van der Waals surface area contributed by atoms with E-state index in [2.05, 4.69) is 45.4 Å². The van der Waals surface area contributed by atoms with Gasteiger partial charge in [0.05, 0.1) is 17.4 Å². The Bertz CT molecular complexity index is 1260. The van der Waals surface area contributed by atoms with E-state index in [-0.39, 0.29) is 17.9 Å². The Morgan fingerprint density at radius 1 is 1.17 bits per heavy atom. The largest absolute Gasteiger partial charge is 0.508 e. The molecule has 0 radical (unpaired) electrons. The van der Waals surface area contributed by atoms with Gasteiger partial charge in [0.1, 0.15) is 23.8 Å². The van der Waals surface area contributed by atoms with Gasteiger partial charge in [-0.1, -0.05) is 40.4 Å². The second kappa shape index (κ2) is 9.52. The lowest BCUT2D eigenvalue weighted by Gasteiger charge is -2.46. The summed E-state index contributed by atoms with van der Waals surface area (Å²) in [4.78, 5) is 23.4. The van der Waals surface area contributed by atoms with E-state index in [4.69, 9.17) is 9.72 Å². The van der Waals surface area contributed by atoms with Crippen molar-refractivity contribution in [3.63, 3.8) is 0 Å². The lowest BCUT2D eigenvalue weighted by Crippen LogP contribution is -2.54. The van der Waals surface area contributed by atoms with Crippen LogP contribution in [0.4, 0.5) is 4.79 Å². The van der Waals surface area contributed by atoms with E-state index in [1.54, 1.807) is 23.2 Å². The Labute approximate surface area is 214 Å². The van der Waals surface area contributed by atoms with Crippen LogP contribution in [0.1, 0.15) is 39.4 Å². The minimum absolute atomic E-state index is 0.174. The number of rotatable bonds is 7. The van der Waals surface area contributed by atoms with Crippen molar-refractivity contribution in [3.05, 3.63) is 42.5 Å². The first kappa shape index (κ1) is 26.2. The van der Waals surface area contributed by atoms with E-state index in [9.17, 15) is 15.0 Å². The second-order valence-corrected chi connectivity index (χ2v) is 17.6. The van der Waals surface area contributed by atoms with Gasteiger partial charge >= 0.3 is 6.09 Å². The molecule has 0 bridgehead atoms. The number of ether oxygens (including phenoxy) is 1. The van der Waals surface area contributed by atoms with Crippen LogP contribution in [0.25, 0.3) is 22.2 Å². The summed E-state index contributed by atoms with van der Waals surface area (Å²) in [5, 5.41) is 20.9. The van der Waals surface area contributed by atoms with E-state index >= 15 is 0 Å². The predicted octanol–water partition coefficient (Wildman–Crippen LogP) is 6.13. The topological polar surface area (TPSA) is 101 Å². The molecule has 0 saturated carbocycles. The number of hydrogen-bond acceptors (Lipinski definition) is 5. The molecule has 1 aliphatic heterocycles. The van der Waals surface area contributed by atoms with Crippen molar-refractivity contribution in [2.24, 2.45) is 5.41 Å². The van der Waals surface area contributed by atoms with E-state index in [0.29, 0.717) is 30.9 Å². The van der Waals surface area contributed by atoms with Crippen LogP contribution in [0.2, 0.25) is 25.7 Å². The van der Waals surface area contributed by atoms with Gasteiger partial charge in [0, 0.05) is 44.4 Å². The predicted molar refractivity (Wildman–Crippen MR) is 144 cm³/mol. The average Bonchev–Trinajstić information content (AvgIpc) is 3.40. The molecule has 8 nitrogen and oxygen atoms in total. The average molecular weight is 511 g/mol. The van der Waals surface area contributed by atoms with Gasteiger partial charge in [-0.3, -0.25) is 9.88 Å². The molecular weight excluding hydrogens is 472 g/mol. The van der Waals surface area contributed by atoms with E-state index in [1.807, 2.05) is 22.9 Å². The minimum atomic E-state index is -1.27. The summed E-state index contributed by atoms with van der Waals surface area (Å²) < 4.78 is 8.25. The molecule has 1 fully saturated rings. The zero-order valence-electron chi connectivity index (χ0n) is 22.2. The molecular formula is C27H38N4O4Si. The first-order chi connectivity index (χ1) is 16.8. The quantitative estimate of drug-likeness (QED) is 0.293. The minimum Gasteiger partial charge on any atom is -0.508 e. The van der Waals surface area contributed by atoms with Crippen LogP contribution in [0.15, 0.2) is 36.7 Å². The van der Waals surface area contributed by atoms with E-state index in [0.717, 1.165) is 29.1 Å². The molecule has 1 amide bonds. The summed E-state index contributed by atoms with van der Waals surface area (Å²) in [7, 11) is -1.27. The Balaban J connectivity index is 1.84. The van der Waals surface area contributed by atoms with Crippen LogP contribution >= 0.6 is 0 Å². The maximum atomic E-state index is 12.4. The molecule has 1 aliphatic rings. The molecule has 0 aliphatic carbocycles. The van der Waals surface area contributed by atoms with Crippen LogP contribution < -0.4 is 0 Å². The lowest BCUT2D eigenvalue weighted by atomic mass is 9.71. The molecule has 2 aromatic heterocycles. The number of carboxylic acid groups (broad SMARTS) is 1. The summed E-state index contributed by atoms with van der Waals surface area (Å²) >= 11 is 0. The first-order valence-corrected chi connectivity index (χ1v) is 16.3. The molecule has 194 valence electrons. The van der Waals surface area contributed by atoms with E-state index < -0.39 is 19.7 Å². The maximum absolute atomic E-state index is 12.4. The number of carbonyl (C=O) groups is 1. The SMILES string of the molecule is CC(C)(C)[C@]1(c2ncc(-c3cnc4cc(O)ccc4c3)n2COCC[Si](C)(C)C)CCCN1C(=O)O. The fraction of sp³-hybridized carbons (Fsp3) is 0.519. The third-order valence-electron chi connectivity index (χ3n) is 7.26. The molecule has 1 atom stereocenters. The number of imidazole rings is 1. The fourth-order valence-electron chi connectivity index (χ4n) is 5.28. The Kier molecular flexibility index (Phi) is 6.91. The van der Waals surface area contributed by atoms with Gasteiger partial charge in [-0.25, -0.2) is 9.78 Å². The highest BCUT2D eigenvalue weighted by atomic mass is 28.3. The van der Waals surface area contributed by atoms with Crippen molar-refractivity contribution in [1.29, 1.82) is 0 Å². The summed E-state index contributed by atoms with van der Waals surface area (Å²) in [5.74, 6) is 0.886. The highest BCUT2D eigenvalue weighted by Crippen LogP contribution is 2.51. The maximum Gasteiger partial charge on any atom is 0.408 e. The second-order valence-electron chi connectivity index (χ2n) is 12.0. The van der Waals surface area contributed by atoms with Gasteiger partial charge in [-0.05, 0) is 42.5 Å². The zero-order chi connectivity index (χ0) is 26.3. The van der Waals surface area contributed by atoms with Gasteiger partial charge in [0.25, 0.3) is 0 Å². The van der Waals surface area contributed by atoms with Crippen LogP contribution in [0.3, 0.4) is 0 Å². The number of likely N-dealkylation sites (tertiary alicyclic amines) is 1. The van der Waals surface area contributed by atoms with Gasteiger partial charge < -0.3 is 19.5 Å². The van der Waals surface area contributed by atoms with E-state index in [1.165, 1.54) is 0 Å². The Hall–Kier alpha value is -2.91. The number of phenolic OH excluding ortho intramolecular Hbond substituents is 1. The van der Waals surface area contributed by atoms with Crippen molar-refractivity contribution in [2.75, 3.05) is 13.2 Å². The summed E-state index contributed by atoms with van der Waals surface area (Å²) in [6.07, 6.45) is 4.14.